The molecule has 25 heavy (non-hydrogen) atoms. The van der Waals surface area contributed by atoms with Crippen molar-refractivity contribution in [3.05, 3.63) is 59.7 Å². The molecule has 0 aliphatic heterocycles. The van der Waals surface area contributed by atoms with Crippen molar-refractivity contribution >= 4 is 5.91 Å². The van der Waals surface area contributed by atoms with Crippen molar-refractivity contribution < 1.29 is 19.4 Å². The number of ether oxygens (including phenoxy) is 2. The summed E-state index contributed by atoms with van der Waals surface area (Å²) in [6.07, 6.45) is -0.958. The van der Waals surface area contributed by atoms with Gasteiger partial charge in [0.25, 0.3) is 0 Å². The van der Waals surface area contributed by atoms with Crippen LogP contribution in [-0.2, 0) is 10.3 Å². The first-order valence-corrected chi connectivity index (χ1v) is 7.92. The number of methoxy groups -OCH3 is 2. The van der Waals surface area contributed by atoms with E-state index in [1.807, 2.05) is 18.2 Å². The van der Waals surface area contributed by atoms with Gasteiger partial charge in [-0.1, -0.05) is 30.3 Å². The fourth-order valence-corrected chi connectivity index (χ4v) is 2.50. The summed E-state index contributed by atoms with van der Waals surface area (Å²) in [5, 5.41) is 13.1. The molecule has 6 nitrogen and oxygen atoms in total. The molecule has 2 rings (SSSR count). The van der Waals surface area contributed by atoms with Gasteiger partial charge in [0.1, 0.15) is 17.0 Å². The van der Waals surface area contributed by atoms with E-state index in [1.54, 1.807) is 44.4 Å². The second-order valence-corrected chi connectivity index (χ2v) is 5.90. The Morgan fingerprint density at radius 2 is 1.88 bits per heavy atom. The topological polar surface area (TPSA) is 93.8 Å². The predicted molar refractivity (Wildman–Crippen MR) is 95.5 cm³/mol. The highest BCUT2D eigenvalue weighted by atomic mass is 16.5. The van der Waals surface area contributed by atoms with E-state index in [4.69, 9.17) is 15.2 Å². The first-order chi connectivity index (χ1) is 11.9. The smallest absolute Gasteiger partial charge is 0.244 e. The lowest BCUT2D eigenvalue weighted by Crippen LogP contribution is -2.49. The van der Waals surface area contributed by atoms with E-state index in [2.05, 4.69) is 5.32 Å². The minimum Gasteiger partial charge on any atom is -0.497 e. The number of nitrogens with one attached hydrogen (secondary N) is 1. The molecule has 0 saturated carbocycles. The predicted octanol–water partition coefficient (Wildman–Crippen LogP) is 1.73. The van der Waals surface area contributed by atoms with Gasteiger partial charge in [-0.15, -0.1) is 0 Å². The van der Waals surface area contributed by atoms with Crippen LogP contribution in [0.25, 0.3) is 0 Å². The molecule has 0 aromatic heterocycles. The molecule has 134 valence electrons. The summed E-state index contributed by atoms with van der Waals surface area (Å²) >= 11 is 0. The number of hydrogen-bond donors (Lipinski definition) is 3. The third kappa shape index (κ3) is 4.29. The number of rotatable bonds is 7. The van der Waals surface area contributed by atoms with Crippen LogP contribution in [-0.4, -0.2) is 31.8 Å². The number of amides is 1. The van der Waals surface area contributed by atoms with E-state index in [0.29, 0.717) is 22.6 Å². The van der Waals surface area contributed by atoms with E-state index >= 15 is 0 Å². The van der Waals surface area contributed by atoms with Crippen LogP contribution < -0.4 is 20.5 Å². The summed E-state index contributed by atoms with van der Waals surface area (Å²) in [4.78, 5) is 12.5. The first-order valence-electron chi connectivity index (χ1n) is 7.92. The number of carbonyl (C=O) groups is 1. The highest BCUT2D eigenvalue weighted by Crippen LogP contribution is 2.29. The Labute approximate surface area is 147 Å². The summed E-state index contributed by atoms with van der Waals surface area (Å²) in [6.45, 7) is 1.64. The monoisotopic (exact) mass is 344 g/mol. The Kier molecular flexibility index (Phi) is 6.01. The molecule has 6 heteroatoms. The standard InChI is InChI=1S/C19H24N2O4/c1-19(20,13-7-5-4-6-8-13)18(23)21-12-16(22)15-11-14(24-2)9-10-17(15)25-3/h4-11,16,22H,12,20H2,1-3H3,(H,21,23). The van der Waals surface area contributed by atoms with Gasteiger partial charge >= 0.3 is 0 Å². The minimum absolute atomic E-state index is 0.00197. The number of benzene rings is 2. The van der Waals surface area contributed by atoms with Crippen LogP contribution in [0.1, 0.15) is 24.2 Å². The first kappa shape index (κ1) is 18.8. The molecule has 0 heterocycles. The van der Waals surface area contributed by atoms with Crippen molar-refractivity contribution in [3.63, 3.8) is 0 Å². The van der Waals surface area contributed by atoms with Crippen LogP contribution >= 0.6 is 0 Å². The Hall–Kier alpha value is -2.57. The van der Waals surface area contributed by atoms with E-state index in [9.17, 15) is 9.90 Å². The van der Waals surface area contributed by atoms with E-state index < -0.39 is 11.6 Å². The molecule has 0 aliphatic carbocycles. The summed E-state index contributed by atoms with van der Waals surface area (Å²) in [5.74, 6) is 0.731. The van der Waals surface area contributed by atoms with Gasteiger partial charge in [0, 0.05) is 12.1 Å². The molecule has 0 radical (unpaired) electrons. The zero-order valence-electron chi connectivity index (χ0n) is 14.7. The van der Waals surface area contributed by atoms with Gasteiger partial charge in [0.15, 0.2) is 0 Å². The van der Waals surface area contributed by atoms with Crippen LogP contribution in [0.2, 0.25) is 0 Å². The lowest BCUT2D eigenvalue weighted by atomic mass is 9.92. The zero-order valence-corrected chi connectivity index (χ0v) is 14.7. The zero-order chi connectivity index (χ0) is 18.4. The number of nitrogens with two attached hydrogens (primary N) is 1. The van der Waals surface area contributed by atoms with Crippen LogP contribution in [0.4, 0.5) is 0 Å². The number of hydrogen-bond acceptors (Lipinski definition) is 5. The maximum Gasteiger partial charge on any atom is 0.244 e. The minimum atomic E-state index is -1.19. The Bertz CT molecular complexity index is 717. The fourth-order valence-electron chi connectivity index (χ4n) is 2.50. The van der Waals surface area contributed by atoms with Crippen molar-refractivity contribution in [2.24, 2.45) is 5.73 Å². The van der Waals surface area contributed by atoms with Gasteiger partial charge in [-0.3, -0.25) is 4.79 Å². The summed E-state index contributed by atoms with van der Waals surface area (Å²) < 4.78 is 10.4. The molecule has 0 saturated heterocycles. The third-order valence-electron chi connectivity index (χ3n) is 4.10. The molecule has 0 bridgehead atoms. The summed E-state index contributed by atoms with van der Waals surface area (Å²) in [7, 11) is 3.06. The molecule has 2 aromatic rings. The largest absolute Gasteiger partial charge is 0.497 e. The molecule has 0 spiro atoms. The SMILES string of the molecule is COc1ccc(OC)c(C(O)CNC(=O)C(C)(N)c2ccccc2)c1. The van der Waals surface area contributed by atoms with E-state index in [1.165, 1.54) is 7.11 Å². The number of aliphatic hydroxyl groups excluding tert-OH is 1. The Balaban J connectivity index is 2.09. The van der Waals surface area contributed by atoms with Gasteiger partial charge < -0.3 is 25.6 Å². The second-order valence-electron chi connectivity index (χ2n) is 5.90. The van der Waals surface area contributed by atoms with Crippen LogP contribution in [0, 0.1) is 0 Å². The van der Waals surface area contributed by atoms with Crippen molar-refractivity contribution in [1.82, 2.24) is 5.32 Å². The van der Waals surface area contributed by atoms with Gasteiger partial charge in [0.2, 0.25) is 5.91 Å². The molecule has 2 aromatic carbocycles. The maximum absolute atomic E-state index is 12.5. The molecule has 0 fully saturated rings. The third-order valence-corrected chi connectivity index (χ3v) is 4.10. The summed E-state index contributed by atoms with van der Waals surface area (Å²) in [6, 6.07) is 14.2. The highest BCUT2D eigenvalue weighted by Gasteiger charge is 2.30. The fraction of sp³-hybridized carbons (Fsp3) is 0.316. The summed E-state index contributed by atoms with van der Waals surface area (Å²) in [5.41, 5.74) is 6.20. The maximum atomic E-state index is 12.5. The normalized spacial score (nSPS) is 14.3. The highest BCUT2D eigenvalue weighted by molar-refractivity contribution is 5.87. The molecule has 4 N–H and O–H groups in total. The lowest BCUT2D eigenvalue weighted by Gasteiger charge is -2.25. The van der Waals surface area contributed by atoms with Gasteiger partial charge in [-0.05, 0) is 30.7 Å². The van der Waals surface area contributed by atoms with Crippen LogP contribution in [0.15, 0.2) is 48.5 Å². The molecule has 1 amide bonds. The van der Waals surface area contributed by atoms with Gasteiger partial charge in [-0.25, -0.2) is 0 Å². The Morgan fingerprint density at radius 3 is 2.48 bits per heavy atom. The molecule has 0 aliphatic rings. The Morgan fingerprint density at radius 1 is 1.20 bits per heavy atom. The number of aliphatic hydroxyl groups is 1. The second kappa shape index (κ2) is 8.00. The van der Waals surface area contributed by atoms with Crippen LogP contribution in [0.5, 0.6) is 11.5 Å². The number of carbonyl (C=O) groups excluding carboxylic acids is 1. The molecular formula is C19H24N2O4. The quantitative estimate of drug-likeness (QED) is 0.711. The molecule has 2 atom stereocenters. The van der Waals surface area contributed by atoms with Crippen molar-refractivity contribution in [3.8, 4) is 11.5 Å². The molecular weight excluding hydrogens is 320 g/mol. The van der Waals surface area contributed by atoms with Crippen molar-refractivity contribution in [1.29, 1.82) is 0 Å². The van der Waals surface area contributed by atoms with Crippen molar-refractivity contribution in [2.45, 2.75) is 18.6 Å². The average Bonchev–Trinajstić information content (AvgIpc) is 2.65. The van der Waals surface area contributed by atoms with Crippen molar-refractivity contribution in [2.75, 3.05) is 20.8 Å². The van der Waals surface area contributed by atoms with Gasteiger partial charge in [0.05, 0.1) is 20.3 Å². The lowest BCUT2D eigenvalue weighted by molar-refractivity contribution is -0.126. The average molecular weight is 344 g/mol. The van der Waals surface area contributed by atoms with Crippen LogP contribution in [0.3, 0.4) is 0 Å². The van der Waals surface area contributed by atoms with E-state index in [-0.39, 0.29) is 12.5 Å². The van der Waals surface area contributed by atoms with E-state index in [0.717, 1.165) is 0 Å². The van der Waals surface area contributed by atoms with Gasteiger partial charge in [-0.2, -0.15) is 0 Å². The molecule has 2 unspecified atom stereocenters.